The summed E-state index contributed by atoms with van der Waals surface area (Å²) in [5, 5.41) is 1.01. The van der Waals surface area contributed by atoms with E-state index in [1.54, 1.807) is 41.3 Å². The maximum Gasteiger partial charge on any atom is 0.297 e. The Morgan fingerprint density at radius 1 is 1.10 bits per heavy atom. The largest absolute Gasteiger partial charge is 0.448 e. The number of furan rings is 2. The normalized spacial score (nSPS) is 12.5. The predicted molar refractivity (Wildman–Crippen MR) is 148 cm³/mol. The Labute approximate surface area is 232 Å². The minimum Gasteiger partial charge on any atom is -0.448 e. The van der Waals surface area contributed by atoms with Crippen molar-refractivity contribution in [1.29, 1.82) is 0 Å². The van der Waals surface area contributed by atoms with Crippen LogP contribution in [0.15, 0.2) is 68.2 Å². The van der Waals surface area contributed by atoms with Crippen molar-refractivity contribution in [3.63, 3.8) is 0 Å². The first-order chi connectivity index (χ1) is 18.7. The quantitative estimate of drug-likeness (QED) is 0.244. The Bertz CT molecular complexity index is 1730. The highest BCUT2D eigenvalue weighted by Crippen LogP contribution is 2.33. The van der Waals surface area contributed by atoms with Crippen molar-refractivity contribution in [2.75, 3.05) is 13.1 Å². The Morgan fingerprint density at radius 3 is 2.49 bits per heavy atom. The molecule has 3 heterocycles. The molecule has 1 amide bonds. The maximum absolute atomic E-state index is 14.2. The molecular formula is C28H25Cl2FN4O4. The van der Waals surface area contributed by atoms with Gasteiger partial charge in [0.05, 0.1) is 12.6 Å². The van der Waals surface area contributed by atoms with E-state index in [0.29, 0.717) is 27.3 Å². The molecule has 0 spiro atoms. The number of hydrogen-bond donors (Lipinski definition) is 1. The Hall–Kier alpha value is -3.66. The van der Waals surface area contributed by atoms with Gasteiger partial charge in [0.2, 0.25) is 5.58 Å². The number of carbonyl (C=O) groups is 1. The third kappa shape index (κ3) is 5.17. The SMILES string of the molecule is CC(C)C(c1nc2c(oc3ccc(F)cc32)c(=O)n1Cc1ccc(Cl)o1)N(CCN)C(=O)c1ccc(Cl)cc1. The summed E-state index contributed by atoms with van der Waals surface area (Å²) in [6.45, 7) is 4.17. The molecule has 11 heteroatoms. The summed E-state index contributed by atoms with van der Waals surface area (Å²) in [6.07, 6.45) is 0. The molecule has 5 rings (SSSR count). The molecule has 0 fully saturated rings. The smallest absolute Gasteiger partial charge is 0.297 e. The van der Waals surface area contributed by atoms with Crippen LogP contribution in [0.3, 0.4) is 0 Å². The lowest BCUT2D eigenvalue weighted by Crippen LogP contribution is -2.43. The second-order valence-corrected chi connectivity index (χ2v) is 10.3. The predicted octanol–water partition coefficient (Wildman–Crippen LogP) is 6.03. The van der Waals surface area contributed by atoms with Crippen LogP contribution in [-0.2, 0) is 6.54 Å². The van der Waals surface area contributed by atoms with Crippen molar-refractivity contribution in [3.8, 4) is 0 Å². The van der Waals surface area contributed by atoms with Crippen molar-refractivity contribution in [3.05, 3.63) is 98.2 Å². The van der Waals surface area contributed by atoms with Crippen LogP contribution in [-0.4, -0.2) is 33.4 Å². The number of rotatable bonds is 8. The van der Waals surface area contributed by atoms with Gasteiger partial charge in [-0.05, 0) is 72.1 Å². The molecule has 8 nitrogen and oxygen atoms in total. The number of carbonyl (C=O) groups excluding carboxylic acids is 1. The van der Waals surface area contributed by atoms with Crippen LogP contribution in [0.2, 0.25) is 10.2 Å². The topological polar surface area (TPSA) is 108 Å². The van der Waals surface area contributed by atoms with Crippen molar-refractivity contribution >= 4 is 51.2 Å². The summed E-state index contributed by atoms with van der Waals surface area (Å²) < 4.78 is 27.0. The zero-order valence-corrected chi connectivity index (χ0v) is 22.7. The van der Waals surface area contributed by atoms with Gasteiger partial charge in [-0.1, -0.05) is 25.4 Å². The Kier molecular flexibility index (Phi) is 7.48. The van der Waals surface area contributed by atoms with E-state index in [1.807, 2.05) is 13.8 Å². The number of hydrogen-bond acceptors (Lipinski definition) is 6. The van der Waals surface area contributed by atoms with Gasteiger partial charge in [0.25, 0.3) is 11.5 Å². The number of benzene rings is 2. The van der Waals surface area contributed by atoms with E-state index in [1.165, 1.54) is 22.8 Å². The van der Waals surface area contributed by atoms with E-state index in [2.05, 4.69) is 0 Å². The summed E-state index contributed by atoms with van der Waals surface area (Å²) in [5.41, 5.74) is 6.34. The number of aromatic nitrogens is 2. The van der Waals surface area contributed by atoms with Gasteiger partial charge in [0, 0.05) is 29.1 Å². The molecule has 1 unspecified atom stereocenters. The van der Waals surface area contributed by atoms with Gasteiger partial charge in [0.15, 0.2) is 5.22 Å². The van der Waals surface area contributed by atoms with Gasteiger partial charge in [-0.25, -0.2) is 9.37 Å². The van der Waals surface area contributed by atoms with Crippen LogP contribution in [0.1, 0.15) is 41.8 Å². The fourth-order valence-electron chi connectivity index (χ4n) is 4.75. The zero-order valence-electron chi connectivity index (χ0n) is 21.2. The van der Waals surface area contributed by atoms with E-state index in [-0.39, 0.29) is 53.6 Å². The van der Waals surface area contributed by atoms with Gasteiger partial charge in [-0.2, -0.15) is 0 Å². The van der Waals surface area contributed by atoms with Crippen LogP contribution in [0.4, 0.5) is 4.39 Å². The van der Waals surface area contributed by atoms with Gasteiger partial charge in [0.1, 0.15) is 28.5 Å². The third-order valence-electron chi connectivity index (χ3n) is 6.46. The highest BCUT2D eigenvalue weighted by Gasteiger charge is 2.33. The lowest BCUT2D eigenvalue weighted by atomic mass is 9.99. The number of halogens is 3. The summed E-state index contributed by atoms with van der Waals surface area (Å²) in [5.74, 6) is -0.327. The fraction of sp³-hybridized carbons (Fsp3) is 0.250. The Morgan fingerprint density at radius 2 is 1.85 bits per heavy atom. The van der Waals surface area contributed by atoms with E-state index >= 15 is 0 Å². The van der Waals surface area contributed by atoms with E-state index in [9.17, 15) is 14.0 Å². The molecule has 0 saturated heterocycles. The summed E-state index contributed by atoms with van der Waals surface area (Å²) in [4.78, 5) is 34.2. The van der Waals surface area contributed by atoms with E-state index < -0.39 is 17.4 Å². The summed E-state index contributed by atoms with van der Waals surface area (Å²) in [6, 6.07) is 13.0. The minimum absolute atomic E-state index is 0.0238. The molecule has 1 atom stereocenters. The fourth-order valence-corrected chi connectivity index (χ4v) is 5.04. The molecule has 39 heavy (non-hydrogen) atoms. The highest BCUT2D eigenvalue weighted by atomic mass is 35.5. The van der Waals surface area contributed by atoms with Crippen molar-refractivity contribution in [2.45, 2.75) is 26.4 Å². The summed E-state index contributed by atoms with van der Waals surface area (Å²) >= 11 is 12.0. The van der Waals surface area contributed by atoms with E-state index in [0.717, 1.165) is 0 Å². The molecule has 0 saturated carbocycles. The first kappa shape index (κ1) is 26.9. The van der Waals surface area contributed by atoms with Gasteiger partial charge < -0.3 is 19.5 Å². The number of amides is 1. The molecule has 0 radical (unpaired) electrons. The lowest BCUT2D eigenvalue weighted by Gasteiger charge is -2.35. The molecule has 0 bridgehead atoms. The molecule has 2 N–H and O–H groups in total. The molecular weight excluding hydrogens is 546 g/mol. The molecule has 0 aliphatic rings. The Balaban J connectivity index is 1.76. The molecule has 5 aromatic rings. The number of nitrogens with zero attached hydrogens (tertiary/aromatic N) is 3. The first-order valence-electron chi connectivity index (χ1n) is 12.3. The second-order valence-electron chi connectivity index (χ2n) is 9.47. The zero-order chi connectivity index (χ0) is 27.8. The molecule has 2 aromatic carbocycles. The minimum atomic E-state index is -0.697. The molecule has 3 aromatic heterocycles. The van der Waals surface area contributed by atoms with Crippen LogP contribution in [0.25, 0.3) is 22.1 Å². The average molecular weight is 571 g/mol. The van der Waals surface area contributed by atoms with Crippen molar-refractivity contribution in [1.82, 2.24) is 14.5 Å². The second kappa shape index (κ2) is 10.8. The van der Waals surface area contributed by atoms with Crippen LogP contribution < -0.4 is 11.3 Å². The third-order valence-corrected chi connectivity index (χ3v) is 6.92. The molecule has 0 aliphatic carbocycles. The molecule has 0 aliphatic heterocycles. The van der Waals surface area contributed by atoms with Crippen molar-refractivity contribution < 1.29 is 18.0 Å². The first-order valence-corrected chi connectivity index (χ1v) is 13.1. The van der Waals surface area contributed by atoms with E-state index in [4.69, 9.17) is 42.8 Å². The highest BCUT2D eigenvalue weighted by molar-refractivity contribution is 6.30. The van der Waals surface area contributed by atoms with Crippen molar-refractivity contribution in [2.24, 2.45) is 11.7 Å². The van der Waals surface area contributed by atoms with Gasteiger partial charge >= 0.3 is 0 Å². The van der Waals surface area contributed by atoms with Crippen LogP contribution >= 0.6 is 23.2 Å². The standard InChI is InChI=1S/C28H25Cl2FN4O4/c1-15(2)24(34(12-11-32)27(36)16-3-5-17(29)6-4-16)26-33-23-20-13-18(31)7-9-21(20)39-25(23)28(37)35(26)14-19-8-10-22(30)38-19/h3-10,13,15,24H,11-12,14,32H2,1-2H3. The monoisotopic (exact) mass is 570 g/mol. The van der Waals surface area contributed by atoms with Gasteiger partial charge in [-0.15, -0.1) is 0 Å². The average Bonchev–Trinajstić information content (AvgIpc) is 3.48. The lowest BCUT2D eigenvalue weighted by molar-refractivity contribution is 0.0612. The number of nitrogens with two attached hydrogens (primary N) is 1. The van der Waals surface area contributed by atoms with Gasteiger partial charge in [-0.3, -0.25) is 14.2 Å². The molecule has 202 valence electrons. The van der Waals surface area contributed by atoms with Crippen LogP contribution in [0.5, 0.6) is 0 Å². The number of fused-ring (bicyclic) bond motifs is 3. The summed E-state index contributed by atoms with van der Waals surface area (Å²) in [7, 11) is 0. The van der Waals surface area contributed by atoms with Crippen LogP contribution in [0, 0.1) is 11.7 Å². The maximum atomic E-state index is 14.2.